The molecule has 0 amide bonds. The Kier molecular flexibility index (Phi) is 2.95. The Morgan fingerprint density at radius 1 is 1.05 bits per heavy atom. The van der Waals surface area contributed by atoms with Gasteiger partial charge in [-0.15, -0.1) is 0 Å². The SMILES string of the molecule is CC1(C)OB(c2cc(N3CCCC3)co2)OC1(C)C. The van der Waals surface area contributed by atoms with Gasteiger partial charge in [0.15, 0.2) is 0 Å². The van der Waals surface area contributed by atoms with Crippen LogP contribution in [0.1, 0.15) is 40.5 Å². The maximum Gasteiger partial charge on any atom is 0.532 e. The molecule has 0 saturated carbocycles. The first kappa shape index (κ1) is 13.1. The fraction of sp³-hybridized carbons (Fsp3) is 0.714. The fourth-order valence-electron chi connectivity index (χ4n) is 2.57. The molecule has 3 rings (SSSR count). The van der Waals surface area contributed by atoms with E-state index >= 15 is 0 Å². The lowest BCUT2D eigenvalue weighted by Crippen LogP contribution is -2.41. The Bertz CT molecular complexity index is 447. The maximum absolute atomic E-state index is 5.99. The minimum Gasteiger partial charge on any atom is -0.471 e. The smallest absolute Gasteiger partial charge is 0.471 e. The van der Waals surface area contributed by atoms with E-state index in [2.05, 4.69) is 32.6 Å². The van der Waals surface area contributed by atoms with Gasteiger partial charge in [-0.25, -0.2) is 0 Å². The molecule has 0 N–H and O–H groups in total. The van der Waals surface area contributed by atoms with E-state index in [0.717, 1.165) is 24.4 Å². The lowest BCUT2D eigenvalue weighted by Gasteiger charge is -2.32. The van der Waals surface area contributed by atoms with Gasteiger partial charge in [0.1, 0.15) is 11.9 Å². The quantitative estimate of drug-likeness (QED) is 0.766. The summed E-state index contributed by atoms with van der Waals surface area (Å²) in [5.41, 5.74) is 1.26. The van der Waals surface area contributed by atoms with Gasteiger partial charge in [-0.2, -0.15) is 0 Å². The second-order valence-electron chi connectivity index (χ2n) is 6.49. The molecule has 0 aromatic carbocycles. The van der Waals surface area contributed by atoms with E-state index in [4.69, 9.17) is 13.7 Å². The van der Waals surface area contributed by atoms with Crippen LogP contribution in [0.3, 0.4) is 0 Å². The summed E-state index contributed by atoms with van der Waals surface area (Å²) in [5.74, 6) is 0. The molecule has 5 heteroatoms. The van der Waals surface area contributed by atoms with E-state index < -0.39 is 7.12 Å². The van der Waals surface area contributed by atoms with Gasteiger partial charge >= 0.3 is 7.12 Å². The highest BCUT2D eigenvalue weighted by Crippen LogP contribution is 2.36. The second kappa shape index (κ2) is 4.28. The second-order valence-corrected chi connectivity index (χ2v) is 6.49. The average Bonchev–Trinajstić information content (AvgIpc) is 3.00. The molecular formula is C14H22BNO3. The van der Waals surface area contributed by atoms with Crippen LogP contribution in [0.2, 0.25) is 0 Å². The van der Waals surface area contributed by atoms with E-state index in [9.17, 15) is 0 Å². The number of anilines is 1. The van der Waals surface area contributed by atoms with E-state index in [1.54, 1.807) is 0 Å². The van der Waals surface area contributed by atoms with Gasteiger partial charge in [-0.3, -0.25) is 0 Å². The van der Waals surface area contributed by atoms with Crippen LogP contribution in [-0.2, 0) is 9.31 Å². The van der Waals surface area contributed by atoms with Crippen molar-refractivity contribution in [3.63, 3.8) is 0 Å². The standard InChI is InChI=1S/C14H22BNO3/c1-13(2)14(3,4)19-15(18-13)12-9-11(10-17-12)16-7-5-6-8-16/h9-10H,5-8H2,1-4H3. The summed E-state index contributed by atoms with van der Waals surface area (Å²) in [6.07, 6.45) is 4.33. The lowest BCUT2D eigenvalue weighted by molar-refractivity contribution is 0.00578. The van der Waals surface area contributed by atoms with E-state index in [-0.39, 0.29) is 11.2 Å². The van der Waals surface area contributed by atoms with Crippen LogP contribution in [0.15, 0.2) is 16.7 Å². The first-order chi connectivity index (χ1) is 8.89. The van der Waals surface area contributed by atoms with Crippen molar-refractivity contribution >= 4 is 18.5 Å². The summed E-state index contributed by atoms with van der Waals surface area (Å²) < 4.78 is 17.6. The third-order valence-corrected chi connectivity index (χ3v) is 4.56. The summed E-state index contributed by atoms with van der Waals surface area (Å²) in [5, 5.41) is 0. The first-order valence-corrected chi connectivity index (χ1v) is 7.08. The number of furan rings is 1. The van der Waals surface area contributed by atoms with Gasteiger partial charge < -0.3 is 18.6 Å². The van der Waals surface area contributed by atoms with Gasteiger partial charge in [-0.1, -0.05) is 0 Å². The zero-order valence-electron chi connectivity index (χ0n) is 12.2. The van der Waals surface area contributed by atoms with Crippen LogP contribution >= 0.6 is 0 Å². The van der Waals surface area contributed by atoms with Crippen LogP contribution in [-0.4, -0.2) is 31.4 Å². The molecule has 0 spiro atoms. The molecular weight excluding hydrogens is 241 g/mol. The van der Waals surface area contributed by atoms with Gasteiger partial charge in [0, 0.05) is 13.1 Å². The van der Waals surface area contributed by atoms with Gasteiger partial charge in [-0.05, 0) is 46.6 Å². The predicted octanol–water partition coefficient (Wildman–Crippen LogP) is 2.18. The van der Waals surface area contributed by atoms with Crippen molar-refractivity contribution in [1.82, 2.24) is 0 Å². The molecule has 2 aliphatic rings. The van der Waals surface area contributed by atoms with E-state index in [0.29, 0.717) is 0 Å². The molecule has 2 aliphatic heterocycles. The molecule has 0 bridgehead atoms. The van der Waals surface area contributed by atoms with Crippen molar-refractivity contribution in [3.8, 4) is 0 Å². The normalized spacial score (nSPS) is 25.3. The van der Waals surface area contributed by atoms with Crippen LogP contribution in [0.5, 0.6) is 0 Å². The van der Waals surface area contributed by atoms with Crippen molar-refractivity contribution in [2.24, 2.45) is 0 Å². The Balaban J connectivity index is 1.77. The van der Waals surface area contributed by atoms with E-state index in [1.807, 2.05) is 12.3 Å². The monoisotopic (exact) mass is 263 g/mol. The van der Waals surface area contributed by atoms with Crippen LogP contribution in [0.25, 0.3) is 0 Å². The molecule has 0 radical (unpaired) electrons. The molecule has 0 atom stereocenters. The molecule has 2 fully saturated rings. The molecule has 3 heterocycles. The van der Waals surface area contributed by atoms with Crippen molar-refractivity contribution in [1.29, 1.82) is 0 Å². The van der Waals surface area contributed by atoms with Crippen molar-refractivity contribution in [3.05, 3.63) is 12.3 Å². The molecule has 2 saturated heterocycles. The molecule has 19 heavy (non-hydrogen) atoms. The largest absolute Gasteiger partial charge is 0.532 e. The maximum atomic E-state index is 5.99. The van der Waals surface area contributed by atoms with E-state index in [1.165, 1.54) is 12.8 Å². The molecule has 1 aromatic rings. The van der Waals surface area contributed by atoms with Gasteiger partial charge in [0.25, 0.3) is 0 Å². The summed E-state index contributed by atoms with van der Waals surface area (Å²) in [6.45, 7) is 10.4. The number of nitrogens with zero attached hydrogens (tertiary/aromatic N) is 1. The van der Waals surface area contributed by atoms with Crippen LogP contribution < -0.4 is 10.6 Å². The van der Waals surface area contributed by atoms with Crippen molar-refractivity contribution < 1.29 is 13.7 Å². The lowest BCUT2D eigenvalue weighted by atomic mass is 9.86. The Labute approximate surface area is 115 Å². The zero-order valence-corrected chi connectivity index (χ0v) is 12.2. The topological polar surface area (TPSA) is 34.8 Å². The molecule has 4 nitrogen and oxygen atoms in total. The third-order valence-electron chi connectivity index (χ3n) is 4.56. The highest BCUT2D eigenvalue weighted by molar-refractivity contribution is 6.60. The van der Waals surface area contributed by atoms with Gasteiger partial charge in [0.2, 0.25) is 0 Å². The predicted molar refractivity (Wildman–Crippen MR) is 75.9 cm³/mol. The third kappa shape index (κ3) is 2.19. The summed E-state index contributed by atoms with van der Waals surface area (Å²) in [6, 6.07) is 2.05. The highest BCUT2D eigenvalue weighted by atomic mass is 16.7. The molecule has 104 valence electrons. The van der Waals surface area contributed by atoms with Gasteiger partial charge in [0.05, 0.1) is 16.9 Å². The Morgan fingerprint density at radius 2 is 1.63 bits per heavy atom. The average molecular weight is 263 g/mol. The number of hydrogen-bond donors (Lipinski definition) is 0. The van der Waals surface area contributed by atoms with Crippen LogP contribution in [0.4, 0.5) is 5.69 Å². The molecule has 0 unspecified atom stereocenters. The number of rotatable bonds is 2. The van der Waals surface area contributed by atoms with Crippen molar-refractivity contribution in [2.75, 3.05) is 18.0 Å². The molecule has 1 aromatic heterocycles. The Morgan fingerprint density at radius 3 is 2.21 bits per heavy atom. The summed E-state index contributed by atoms with van der Waals surface area (Å²) in [7, 11) is -0.402. The van der Waals surface area contributed by atoms with Crippen LogP contribution in [0, 0.1) is 0 Å². The Hall–Kier alpha value is -0.935. The molecule has 0 aliphatic carbocycles. The first-order valence-electron chi connectivity index (χ1n) is 7.08. The highest BCUT2D eigenvalue weighted by Gasteiger charge is 2.53. The summed E-state index contributed by atoms with van der Waals surface area (Å²) in [4.78, 5) is 2.35. The number of hydrogen-bond acceptors (Lipinski definition) is 4. The zero-order chi connectivity index (χ0) is 13.7. The summed E-state index contributed by atoms with van der Waals surface area (Å²) >= 11 is 0. The minimum atomic E-state index is -0.402. The van der Waals surface area contributed by atoms with Crippen molar-refractivity contribution in [2.45, 2.75) is 51.7 Å². The minimum absolute atomic E-state index is 0.321. The fourth-order valence-corrected chi connectivity index (χ4v) is 2.57.